The summed E-state index contributed by atoms with van der Waals surface area (Å²) in [4.78, 5) is 40.9. The Balaban J connectivity index is 2.50. The number of pyridine rings is 1. The van der Waals surface area contributed by atoms with E-state index in [9.17, 15) is 14.4 Å². The molecular formula is C10H9N5O4S. The van der Waals surface area contributed by atoms with Crippen molar-refractivity contribution in [1.82, 2.24) is 19.7 Å². The molecule has 2 aromatic heterocycles. The molecule has 0 saturated carbocycles. The molecule has 4 N–H and O–H groups in total. The average molecular weight is 295 g/mol. The summed E-state index contributed by atoms with van der Waals surface area (Å²) in [5, 5.41) is 11.6. The number of anilines is 1. The highest BCUT2D eigenvalue weighted by atomic mass is 32.2. The topological polar surface area (TPSA) is 144 Å². The molecule has 9 nitrogen and oxygen atoms in total. The van der Waals surface area contributed by atoms with Gasteiger partial charge in [-0.1, -0.05) is 0 Å². The summed E-state index contributed by atoms with van der Waals surface area (Å²) in [6, 6.07) is 1.25. The summed E-state index contributed by atoms with van der Waals surface area (Å²) in [6.45, 7) is 0. The van der Waals surface area contributed by atoms with Gasteiger partial charge in [-0.3, -0.25) is 19.4 Å². The van der Waals surface area contributed by atoms with Crippen LogP contribution >= 0.6 is 11.8 Å². The predicted molar refractivity (Wildman–Crippen MR) is 69.8 cm³/mol. The van der Waals surface area contributed by atoms with Crippen LogP contribution in [-0.2, 0) is 7.05 Å². The van der Waals surface area contributed by atoms with Gasteiger partial charge >= 0.3 is 17.1 Å². The Labute approximate surface area is 115 Å². The smallest absolute Gasteiger partial charge is 0.339 e. The fourth-order valence-corrected chi connectivity index (χ4v) is 2.19. The Morgan fingerprint density at radius 3 is 2.85 bits per heavy atom. The number of carboxylic acid groups (broad SMARTS) is 1. The third-order valence-electron chi connectivity index (χ3n) is 2.24. The summed E-state index contributed by atoms with van der Waals surface area (Å²) in [6.07, 6.45) is 1.29. The first kappa shape index (κ1) is 13.8. The molecule has 0 unspecified atom stereocenters. The second-order valence-electron chi connectivity index (χ2n) is 3.73. The first-order chi connectivity index (χ1) is 9.38. The highest BCUT2D eigenvalue weighted by molar-refractivity contribution is 7.99. The maximum atomic E-state index is 11.2. The molecule has 0 bridgehead atoms. The van der Waals surface area contributed by atoms with Crippen LogP contribution in [0.15, 0.2) is 32.0 Å². The van der Waals surface area contributed by atoms with Crippen LogP contribution < -0.4 is 16.9 Å². The van der Waals surface area contributed by atoms with Crippen LogP contribution in [-0.4, -0.2) is 30.8 Å². The first-order valence-corrected chi connectivity index (χ1v) is 6.04. The van der Waals surface area contributed by atoms with Gasteiger partial charge in [-0.25, -0.2) is 9.78 Å². The van der Waals surface area contributed by atoms with E-state index in [0.717, 1.165) is 11.8 Å². The normalized spacial score (nSPS) is 10.4. The summed E-state index contributed by atoms with van der Waals surface area (Å²) in [5.41, 5.74) is 3.75. The number of hydrogen-bond acceptors (Lipinski definition) is 7. The molecule has 0 aliphatic rings. The molecule has 0 spiro atoms. The largest absolute Gasteiger partial charge is 0.478 e. The number of nitrogens with two attached hydrogens (primary N) is 1. The van der Waals surface area contributed by atoms with Gasteiger partial charge in [0.25, 0.3) is 0 Å². The maximum absolute atomic E-state index is 11.2. The van der Waals surface area contributed by atoms with E-state index in [2.05, 4.69) is 15.1 Å². The highest BCUT2D eigenvalue weighted by Crippen LogP contribution is 2.26. The van der Waals surface area contributed by atoms with Crippen LogP contribution in [0.25, 0.3) is 0 Å². The fourth-order valence-electron chi connectivity index (χ4n) is 1.34. The van der Waals surface area contributed by atoms with Gasteiger partial charge in [0.1, 0.15) is 5.03 Å². The molecule has 2 heterocycles. The van der Waals surface area contributed by atoms with Crippen LogP contribution in [0.2, 0.25) is 0 Å². The zero-order valence-corrected chi connectivity index (χ0v) is 11.0. The van der Waals surface area contributed by atoms with Crippen molar-refractivity contribution in [2.45, 2.75) is 10.2 Å². The van der Waals surface area contributed by atoms with E-state index in [-0.39, 0.29) is 21.4 Å². The fraction of sp³-hybridized carbons (Fsp3) is 0.100. The predicted octanol–water partition coefficient (Wildman–Crippen LogP) is -0.705. The lowest BCUT2D eigenvalue weighted by Gasteiger charge is -2.07. The van der Waals surface area contributed by atoms with Crippen molar-refractivity contribution in [3.8, 4) is 0 Å². The van der Waals surface area contributed by atoms with Crippen LogP contribution in [0.1, 0.15) is 10.4 Å². The summed E-state index contributed by atoms with van der Waals surface area (Å²) < 4.78 is 1.21. The molecule has 104 valence electrons. The highest BCUT2D eigenvalue weighted by Gasteiger charge is 2.16. The first-order valence-electron chi connectivity index (χ1n) is 5.22. The van der Waals surface area contributed by atoms with Crippen molar-refractivity contribution < 1.29 is 9.90 Å². The molecule has 2 aromatic rings. The molecular weight excluding hydrogens is 286 g/mol. The third-order valence-corrected chi connectivity index (χ3v) is 3.30. The number of aromatic amines is 1. The number of carbonyl (C=O) groups is 1. The zero-order chi connectivity index (χ0) is 14.9. The Kier molecular flexibility index (Phi) is 3.57. The lowest BCUT2D eigenvalue weighted by Crippen LogP contribution is -2.33. The number of aromatic carboxylic acids is 1. The zero-order valence-electron chi connectivity index (χ0n) is 10.2. The monoisotopic (exact) mass is 295 g/mol. The minimum atomic E-state index is -1.21. The van der Waals surface area contributed by atoms with E-state index in [1.807, 2.05) is 0 Å². The minimum Gasteiger partial charge on any atom is -0.478 e. The van der Waals surface area contributed by atoms with Crippen molar-refractivity contribution >= 4 is 23.4 Å². The second-order valence-corrected chi connectivity index (χ2v) is 4.68. The molecule has 0 aliphatic heterocycles. The van der Waals surface area contributed by atoms with Crippen molar-refractivity contribution in [2.24, 2.45) is 7.05 Å². The average Bonchev–Trinajstić information content (AvgIpc) is 2.37. The maximum Gasteiger partial charge on any atom is 0.339 e. The number of nitrogen functional groups attached to an aromatic ring is 1. The molecule has 0 aromatic carbocycles. The number of carboxylic acids is 1. The molecule has 0 fully saturated rings. The van der Waals surface area contributed by atoms with Crippen LogP contribution in [0.3, 0.4) is 0 Å². The van der Waals surface area contributed by atoms with E-state index in [1.165, 1.54) is 24.0 Å². The van der Waals surface area contributed by atoms with E-state index in [1.54, 1.807) is 0 Å². The minimum absolute atomic E-state index is 0.106. The third kappa shape index (κ3) is 2.69. The molecule has 0 radical (unpaired) electrons. The van der Waals surface area contributed by atoms with Crippen molar-refractivity contribution in [1.29, 1.82) is 0 Å². The van der Waals surface area contributed by atoms with Gasteiger partial charge in [0.2, 0.25) is 0 Å². The number of aromatic nitrogens is 4. The lowest BCUT2D eigenvalue weighted by molar-refractivity contribution is 0.0692. The number of H-pyrrole nitrogens is 1. The van der Waals surface area contributed by atoms with Gasteiger partial charge in [-0.15, -0.1) is 0 Å². The molecule has 10 heteroatoms. The number of hydrogen-bond donors (Lipinski definition) is 3. The number of nitrogens with zero attached hydrogens (tertiary/aromatic N) is 3. The van der Waals surface area contributed by atoms with Crippen LogP contribution in [0, 0.1) is 0 Å². The summed E-state index contributed by atoms with van der Waals surface area (Å²) in [7, 11) is 1.47. The summed E-state index contributed by atoms with van der Waals surface area (Å²) in [5.74, 6) is -1.21. The van der Waals surface area contributed by atoms with Crippen molar-refractivity contribution in [3.63, 3.8) is 0 Å². The number of aryl methyl sites for hydroxylation is 1. The molecule has 0 aliphatic carbocycles. The standard InChI is InChI=1S/C10H9N5O4S/c1-15-10(13-6(16)7(17)14-15)20-8-5(9(18)19)2-4(11)3-12-8/h2-3H,11H2,1H3,(H,14,17)(H,18,19). The van der Waals surface area contributed by atoms with E-state index in [0.29, 0.717) is 0 Å². The van der Waals surface area contributed by atoms with E-state index in [4.69, 9.17) is 10.8 Å². The lowest BCUT2D eigenvalue weighted by atomic mass is 10.3. The van der Waals surface area contributed by atoms with Crippen LogP contribution in [0.5, 0.6) is 0 Å². The van der Waals surface area contributed by atoms with Crippen molar-refractivity contribution in [2.75, 3.05) is 5.73 Å². The van der Waals surface area contributed by atoms with Gasteiger partial charge < -0.3 is 10.8 Å². The molecule has 0 amide bonds. The van der Waals surface area contributed by atoms with Gasteiger partial charge in [0.05, 0.1) is 17.4 Å². The number of rotatable bonds is 3. The van der Waals surface area contributed by atoms with Gasteiger partial charge in [-0.2, -0.15) is 4.98 Å². The van der Waals surface area contributed by atoms with Gasteiger partial charge in [-0.05, 0) is 17.8 Å². The van der Waals surface area contributed by atoms with E-state index < -0.39 is 17.1 Å². The Morgan fingerprint density at radius 1 is 1.50 bits per heavy atom. The summed E-state index contributed by atoms with van der Waals surface area (Å²) >= 11 is 0.835. The second kappa shape index (κ2) is 5.17. The van der Waals surface area contributed by atoms with Crippen LogP contribution in [0.4, 0.5) is 5.69 Å². The number of nitrogens with one attached hydrogen (secondary N) is 1. The van der Waals surface area contributed by atoms with Crippen molar-refractivity contribution in [3.05, 3.63) is 38.5 Å². The van der Waals surface area contributed by atoms with Gasteiger partial charge in [0.15, 0.2) is 5.16 Å². The Morgan fingerprint density at radius 2 is 2.20 bits per heavy atom. The quantitative estimate of drug-likeness (QED) is 0.630. The molecule has 0 saturated heterocycles. The van der Waals surface area contributed by atoms with Gasteiger partial charge in [0, 0.05) is 7.05 Å². The molecule has 20 heavy (non-hydrogen) atoms. The SMILES string of the molecule is Cn1[nH]c(=O)c(=O)nc1Sc1ncc(N)cc1C(=O)O. The molecule has 0 atom stereocenters. The van der Waals surface area contributed by atoms with E-state index >= 15 is 0 Å². The Hall–Kier alpha value is -2.62. The Bertz CT molecular complexity index is 797. The molecule has 2 rings (SSSR count).